The summed E-state index contributed by atoms with van der Waals surface area (Å²) in [4.78, 5) is 17.3. The highest BCUT2D eigenvalue weighted by atomic mass is 35.5. The third-order valence-electron chi connectivity index (χ3n) is 4.58. The van der Waals surface area contributed by atoms with Crippen molar-refractivity contribution in [3.05, 3.63) is 58.6 Å². The number of nitrogens with one attached hydrogen (secondary N) is 1. The van der Waals surface area contributed by atoms with E-state index in [2.05, 4.69) is 22.2 Å². The SMILES string of the molecule is COCc1ccc(C(=O)Nc2cc(Cl)ccc2N2CCN(C)CC2)cc1. The first-order valence-electron chi connectivity index (χ1n) is 8.69. The van der Waals surface area contributed by atoms with Crippen molar-refractivity contribution in [2.24, 2.45) is 0 Å². The highest BCUT2D eigenvalue weighted by Gasteiger charge is 2.18. The van der Waals surface area contributed by atoms with Crippen molar-refractivity contribution in [2.45, 2.75) is 6.61 Å². The van der Waals surface area contributed by atoms with Crippen LogP contribution in [0.2, 0.25) is 5.02 Å². The number of carbonyl (C=O) groups is 1. The van der Waals surface area contributed by atoms with Crippen LogP contribution < -0.4 is 10.2 Å². The van der Waals surface area contributed by atoms with Crippen LogP contribution in [0.25, 0.3) is 0 Å². The van der Waals surface area contributed by atoms with Gasteiger partial charge in [0.05, 0.1) is 18.0 Å². The van der Waals surface area contributed by atoms with Crippen molar-refractivity contribution in [1.29, 1.82) is 0 Å². The zero-order valence-electron chi connectivity index (χ0n) is 15.2. The van der Waals surface area contributed by atoms with Gasteiger partial charge >= 0.3 is 0 Å². The topological polar surface area (TPSA) is 44.8 Å². The Hall–Kier alpha value is -2.08. The summed E-state index contributed by atoms with van der Waals surface area (Å²) in [6.07, 6.45) is 0. The summed E-state index contributed by atoms with van der Waals surface area (Å²) in [5.74, 6) is -0.147. The third kappa shape index (κ3) is 4.55. The quantitative estimate of drug-likeness (QED) is 0.871. The Morgan fingerprint density at radius 2 is 1.81 bits per heavy atom. The van der Waals surface area contributed by atoms with E-state index in [9.17, 15) is 4.79 Å². The smallest absolute Gasteiger partial charge is 0.255 e. The number of anilines is 2. The van der Waals surface area contributed by atoms with Gasteiger partial charge in [-0.2, -0.15) is 0 Å². The molecule has 0 atom stereocenters. The van der Waals surface area contributed by atoms with Crippen molar-refractivity contribution in [3.8, 4) is 0 Å². The molecule has 0 unspecified atom stereocenters. The maximum absolute atomic E-state index is 12.7. The van der Waals surface area contributed by atoms with Crippen molar-refractivity contribution >= 4 is 28.9 Å². The number of hydrogen-bond acceptors (Lipinski definition) is 4. The standard InChI is InChI=1S/C20H24ClN3O2/c1-23-9-11-24(12-10-23)19-8-7-17(21)13-18(19)22-20(25)16-5-3-15(4-6-16)14-26-2/h3-8,13H,9-12,14H2,1-2H3,(H,22,25). The summed E-state index contributed by atoms with van der Waals surface area (Å²) in [7, 11) is 3.77. The first-order chi connectivity index (χ1) is 12.6. The lowest BCUT2D eigenvalue weighted by Crippen LogP contribution is -2.44. The fourth-order valence-electron chi connectivity index (χ4n) is 3.04. The molecule has 0 radical (unpaired) electrons. The molecule has 1 aliphatic heterocycles. The lowest BCUT2D eigenvalue weighted by Gasteiger charge is -2.35. The Morgan fingerprint density at radius 3 is 2.46 bits per heavy atom. The maximum Gasteiger partial charge on any atom is 0.255 e. The van der Waals surface area contributed by atoms with Crippen LogP contribution in [-0.4, -0.2) is 51.1 Å². The molecule has 0 aromatic heterocycles. The van der Waals surface area contributed by atoms with Crippen LogP contribution in [-0.2, 0) is 11.3 Å². The minimum absolute atomic E-state index is 0.147. The summed E-state index contributed by atoms with van der Waals surface area (Å²) < 4.78 is 5.10. The van der Waals surface area contributed by atoms with E-state index in [-0.39, 0.29) is 5.91 Å². The van der Waals surface area contributed by atoms with E-state index in [1.165, 1.54) is 0 Å². The fourth-order valence-corrected chi connectivity index (χ4v) is 3.22. The molecule has 5 nitrogen and oxygen atoms in total. The van der Waals surface area contributed by atoms with Gasteiger partial charge in [-0.05, 0) is 42.9 Å². The molecular formula is C20H24ClN3O2. The molecule has 2 aromatic carbocycles. The summed E-state index contributed by atoms with van der Waals surface area (Å²) in [5, 5.41) is 3.62. The molecular weight excluding hydrogens is 350 g/mol. The average molecular weight is 374 g/mol. The Kier molecular flexibility index (Phi) is 6.14. The van der Waals surface area contributed by atoms with Crippen LogP contribution in [0.1, 0.15) is 15.9 Å². The second-order valence-corrected chi connectivity index (χ2v) is 6.97. The number of hydrogen-bond donors (Lipinski definition) is 1. The van der Waals surface area contributed by atoms with E-state index in [4.69, 9.17) is 16.3 Å². The van der Waals surface area contributed by atoms with Gasteiger partial charge in [-0.25, -0.2) is 0 Å². The second kappa shape index (κ2) is 8.54. The number of ether oxygens (including phenoxy) is 1. The Bertz CT molecular complexity index is 756. The van der Waals surface area contributed by atoms with E-state index < -0.39 is 0 Å². The van der Waals surface area contributed by atoms with E-state index in [1.807, 2.05) is 42.5 Å². The number of benzene rings is 2. The van der Waals surface area contributed by atoms with Crippen LogP contribution in [0.5, 0.6) is 0 Å². The van der Waals surface area contributed by atoms with Crippen molar-refractivity contribution in [3.63, 3.8) is 0 Å². The number of nitrogens with zero attached hydrogens (tertiary/aromatic N) is 2. The van der Waals surface area contributed by atoms with E-state index in [1.54, 1.807) is 7.11 Å². The summed E-state index contributed by atoms with van der Waals surface area (Å²) in [6, 6.07) is 13.1. The number of likely N-dealkylation sites (N-methyl/N-ethyl adjacent to an activating group) is 1. The third-order valence-corrected chi connectivity index (χ3v) is 4.81. The van der Waals surface area contributed by atoms with Crippen molar-refractivity contribution in [1.82, 2.24) is 4.90 Å². The Balaban J connectivity index is 1.77. The molecule has 1 amide bonds. The van der Waals surface area contributed by atoms with Crippen LogP contribution in [0.4, 0.5) is 11.4 Å². The lowest BCUT2D eigenvalue weighted by molar-refractivity contribution is 0.102. The van der Waals surface area contributed by atoms with Crippen LogP contribution in [0, 0.1) is 0 Å². The van der Waals surface area contributed by atoms with Crippen LogP contribution in [0.15, 0.2) is 42.5 Å². The summed E-state index contributed by atoms with van der Waals surface area (Å²) in [6.45, 7) is 4.37. The molecule has 26 heavy (non-hydrogen) atoms. The Morgan fingerprint density at radius 1 is 1.12 bits per heavy atom. The molecule has 1 N–H and O–H groups in total. The number of methoxy groups -OCH3 is 1. The highest BCUT2D eigenvalue weighted by molar-refractivity contribution is 6.31. The molecule has 1 heterocycles. The van der Waals surface area contributed by atoms with E-state index in [0.717, 1.165) is 43.1 Å². The average Bonchev–Trinajstić information content (AvgIpc) is 2.64. The van der Waals surface area contributed by atoms with Gasteiger partial charge in [-0.3, -0.25) is 4.79 Å². The predicted octanol–water partition coefficient (Wildman–Crippen LogP) is 3.49. The molecule has 0 spiro atoms. The number of rotatable bonds is 5. The minimum atomic E-state index is -0.147. The van der Waals surface area contributed by atoms with Crippen molar-refractivity contribution in [2.75, 3.05) is 50.6 Å². The Labute approximate surface area is 159 Å². The number of halogens is 1. The van der Waals surface area contributed by atoms with E-state index >= 15 is 0 Å². The summed E-state index contributed by atoms with van der Waals surface area (Å²) in [5.41, 5.74) is 3.39. The maximum atomic E-state index is 12.7. The molecule has 2 aromatic rings. The van der Waals surface area contributed by atoms with Gasteiger partial charge in [0.15, 0.2) is 0 Å². The molecule has 6 heteroatoms. The monoisotopic (exact) mass is 373 g/mol. The van der Waals surface area contributed by atoms with Gasteiger partial charge in [0.1, 0.15) is 0 Å². The molecule has 0 aliphatic carbocycles. The van der Waals surface area contributed by atoms with Gasteiger partial charge in [0.2, 0.25) is 0 Å². The number of amides is 1. The first-order valence-corrected chi connectivity index (χ1v) is 9.07. The molecule has 0 saturated carbocycles. The lowest BCUT2D eigenvalue weighted by atomic mass is 10.1. The molecule has 3 rings (SSSR count). The number of carbonyl (C=O) groups excluding carboxylic acids is 1. The molecule has 138 valence electrons. The zero-order chi connectivity index (χ0) is 18.5. The van der Waals surface area contributed by atoms with Gasteiger partial charge in [-0.1, -0.05) is 23.7 Å². The van der Waals surface area contributed by atoms with Gasteiger partial charge in [0, 0.05) is 43.9 Å². The van der Waals surface area contributed by atoms with Crippen LogP contribution in [0.3, 0.4) is 0 Å². The van der Waals surface area contributed by atoms with E-state index in [0.29, 0.717) is 17.2 Å². The highest BCUT2D eigenvalue weighted by Crippen LogP contribution is 2.30. The normalized spacial score (nSPS) is 15.1. The summed E-state index contributed by atoms with van der Waals surface area (Å²) >= 11 is 6.17. The molecule has 0 bridgehead atoms. The second-order valence-electron chi connectivity index (χ2n) is 6.54. The van der Waals surface area contributed by atoms with Gasteiger partial charge < -0.3 is 19.9 Å². The molecule has 1 fully saturated rings. The van der Waals surface area contributed by atoms with Gasteiger partial charge in [-0.15, -0.1) is 0 Å². The largest absolute Gasteiger partial charge is 0.380 e. The fraction of sp³-hybridized carbons (Fsp3) is 0.350. The molecule has 1 aliphatic rings. The van der Waals surface area contributed by atoms with Crippen LogP contribution >= 0.6 is 11.6 Å². The minimum Gasteiger partial charge on any atom is -0.380 e. The molecule has 1 saturated heterocycles. The first kappa shape index (κ1) is 18.7. The van der Waals surface area contributed by atoms with Crippen molar-refractivity contribution < 1.29 is 9.53 Å². The predicted molar refractivity (Wildman–Crippen MR) is 106 cm³/mol. The van der Waals surface area contributed by atoms with Gasteiger partial charge in [0.25, 0.3) is 5.91 Å². The zero-order valence-corrected chi connectivity index (χ0v) is 15.9. The number of piperazine rings is 1.